The van der Waals surface area contributed by atoms with Crippen molar-refractivity contribution in [1.82, 2.24) is 4.72 Å². The van der Waals surface area contributed by atoms with Crippen LogP contribution in [0.25, 0.3) is 0 Å². The Balaban J connectivity index is 1.97. The molecule has 0 radical (unpaired) electrons. The first-order valence-corrected chi connectivity index (χ1v) is 9.29. The molecule has 0 saturated carbocycles. The maximum Gasteiger partial charge on any atom is 0.244 e. The Morgan fingerprint density at radius 3 is 2.58 bits per heavy atom. The van der Waals surface area contributed by atoms with Gasteiger partial charge in [-0.05, 0) is 37.6 Å². The highest BCUT2D eigenvalue weighted by Gasteiger charge is 2.28. The zero-order valence-corrected chi connectivity index (χ0v) is 14.8. The monoisotopic (exact) mass is 347 g/mol. The molecule has 1 aliphatic heterocycles. The molecule has 0 aromatic heterocycles. The molecule has 2 aromatic rings. The van der Waals surface area contributed by atoms with Crippen molar-refractivity contribution in [2.75, 3.05) is 13.7 Å². The Morgan fingerprint density at radius 1 is 1.12 bits per heavy atom. The van der Waals surface area contributed by atoms with E-state index in [0.717, 1.165) is 22.4 Å². The first kappa shape index (κ1) is 16.8. The minimum Gasteiger partial charge on any atom is -0.495 e. The van der Waals surface area contributed by atoms with Crippen molar-refractivity contribution in [2.24, 2.45) is 0 Å². The molecular formula is C18H21NO4S. The van der Waals surface area contributed by atoms with Gasteiger partial charge in [-0.3, -0.25) is 0 Å². The summed E-state index contributed by atoms with van der Waals surface area (Å²) in [4.78, 5) is 0.158. The molecule has 1 aliphatic rings. The molecule has 0 amide bonds. The van der Waals surface area contributed by atoms with Gasteiger partial charge in [0.15, 0.2) is 0 Å². The molecule has 24 heavy (non-hydrogen) atoms. The van der Waals surface area contributed by atoms with Crippen molar-refractivity contribution in [3.8, 4) is 11.5 Å². The van der Waals surface area contributed by atoms with Crippen LogP contribution in [0.15, 0.2) is 41.3 Å². The number of fused-ring (bicyclic) bond motifs is 1. The zero-order valence-electron chi connectivity index (χ0n) is 14.0. The zero-order chi connectivity index (χ0) is 17.3. The second-order valence-corrected chi connectivity index (χ2v) is 7.69. The van der Waals surface area contributed by atoms with Crippen LogP contribution in [-0.2, 0) is 10.0 Å². The molecule has 0 aliphatic carbocycles. The van der Waals surface area contributed by atoms with Crippen LogP contribution < -0.4 is 14.2 Å². The molecule has 0 saturated heterocycles. The van der Waals surface area contributed by atoms with Crippen LogP contribution >= 0.6 is 0 Å². The molecule has 6 heteroatoms. The van der Waals surface area contributed by atoms with Gasteiger partial charge >= 0.3 is 0 Å². The van der Waals surface area contributed by atoms with Crippen molar-refractivity contribution >= 4 is 10.0 Å². The molecule has 1 atom stereocenters. The largest absolute Gasteiger partial charge is 0.495 e. The van der Waals surface area contributed by atoms with Crippen molar-refractivity contribution in [3.63, 3.8) is 0 Å². The van der Waals surface area contributed by atoms with Gasteiger partial charge in [0.25, 0.3) is 0 Å². The molecule has 1 unspecified atom stereocenters. The Morgan fingerprint density at radius 2 is 1.83 bits per heavy atom. The fraction of sp³-hybridized carbons (Fsp3) is 0.333. The summed E-state index contributed by atoms with van der Waals surface area (Å²) in [5.41, 5.74) is 2.80. The summed E-state index contributed by atoms with van der Waals surface area (Å²) in [5.74, 6) is 1.07. The molecular weight excluding hydrogens is 326 g/mol. The van der Waals surface area contributed by atoms with Crippen LogP contribution in [-0.4, -0.2) is 22.1 Å². The second kappa shape index (κ2) is 6.45. The van der Waals surface area contributed by atoms with E-state index in [4.69, 9.17) is 9.47 Å². The molecule has 128 valence electrons. The van der Waals surface area contributed by atoms with Crippen molar-refractivity contribution in [3.05, 3.63) is 53.1 Å². The SMILES string of the molecule is COc1ccc(C)cc1S(=O)(=O)NC1CCOc2ccc(C)cc21. The van der Waals surface area contributed by atoms with E-state index in [-0.39, 0.29) is 10.9 Å². The highest BCUT2D eigenvalue weighted by molar-refractivity contribution is 7.89. The Kier molecular flexibility index (Phi) is 4.51. The normalized spacial score (nSPS) is 17.0. The topological polar surface area (TPSA) is 64.6 Å². The Hall–Kier alpha value is -2.05. The van der Waals surface area contributed by atoms with E-state index >= 15 is 0 Å². The maximum atomic E-state index is 12.9. The number of methoxy groups -OCH3 is 1. The first-order chi connectivity index (χ1) is 11.4. The first-order valence-electron chi connectivity index (χ1n) is 7.81. The lowest BCUT2D eigenvalue weighted by Gasteiger charge is -2.27. The smallest absolute Gasteiger partial charge is 0.244 e. The van der Waals surface area contributed by atoms with Crippen LogP contribution in [0.3, 0.4) is 0 Å². The second-order valence-electron chi connectivity index (χ2n) is 6.01. The van der Waals surface area contributed by atoms with Gasteiger partial charge in [-0.2, -0.15) is 0 Å². The van der Waals surface area contributed by atoms with Gasteiger partial charge in [-0.25, -0.2) is 13.1 Å². The predicted octanol–water partition coefficient (Wildman–Crippen LogP) is 3.11. The molecule has 0 fully saturated rings. The lowest BCUT2D eigenvalue weighted by atomic mass is 10.00. The minimum atomic E-state index is -3.71. The van der Waals surface area contributed by atoms with Gasteiger partial charge in [0.05, 0.1) is 19.8 Å². The highest BCUT2D eigenvalue weighted by atomic mass is 32.2. The molecule has 3 rings (SSSR count). The summed E-state index contributed by atoms with van der Waals surface area (Å²) < 4.78 is 39.5. The summed E-state index contributed by atoms with van der Waals surface area (Å²) in [7, 11) is -2.24. The van der Waals surface area contributed by atoms with Crippen LogP contribution in [0, 0.1) is 13.8 Å². The van der Waals surface area contributed by atoms with E-state index in [0.29, 0.717) is 18.8 Å². The van der Waals surface area contributed by atoms with Gasteiger partial charge in [-0.1, -0.05) is 23.8 Å². The fourth-order valence-electron chi connectivity index (χ4n) is 2.88. The predicted molar refractivity (Wildman–Crippen MR) is 92.1 cm³/mol. The van der Waals surface area contributed by atoms with Crippen molar-refractivity contribution in [2.45, 2.75) is 31.2 Å². The standard InChI is InChI=1S/C18H21NO4S/c1-12-4-6-16-14(10-12)15(8-9-23-16)19-24(20,21)18-11-13(2)5-7-17(18)22-3/h4-7,10-11,15,19H,8-9H2,1-3H3. The third-order valence-electron chi connectivity index (χ3n) is 4.11. The lowest BCUT2D eigenvalue weighted by molar-refractivity contribution is 0.263. The Labute approximate surface area is 142 Å². The molecule has 2 aromatic carbocycles. The average molecular weight is 347 g/mol. The fourth-order valence-corrected chi connectivity index (χ4v) is 4.38. The summed E-state index contributed by atoms with van der Waals surface area (Å²) in [6.07, 6.45) is 0.587. The summed E-state index contributed by atoms with van der Waals surface area (Å²) >= 11 is 0. The van der Waals surface area contributed by atoms with Crippen LogP contribution in [0.4, 0.5) is 0 Å². The van der Waals surface area contributed by atoms with Crippen molar-refractivity contribution in [1.29, 1.82) is 0 Å². The van der Waals surface area contributed by atoms with E-state index in [1.807, 2.05) is 38.1 Å². The van der Waals surface area contributed by atoms with E-state index in [2.05, 4.69) is 4.72 Å². The summed E-state index contributed by atoms with van der Waals surface area (Å²) in [6.45, 7) is 4.31. The van der Waals surface area contributed by atoms with Gasteiger partial charge in [0.1, 0.15) is 16.4 Å². The number of aryl methyl sites for hydroxylation is 2. The summed E-state index contributed by atoms with van der Waals surface area (Å²) in [5, 5.41) is 0. The number of nitrogens with one attached hydrogen (secondary N) is 1. The summed E-state index contributed by atoms with van der Waals surface area (Å²) in [6, 6.07) is 10.6. The molecule has 1 heterocycles. The van der Waals surface area contributed by atoms with E-state index in [9.17, 15) is 8.42 Å². The molecule has 0 spiro atoms. The minimum absolute atomic E-state index is 0.158. The van der Waals surface area contributed by atoms with Crippen LogP contribution in [0.1, 0.15) is 29.2 Å². The highest BCUT2D eigenvalue weighted by Crippen LogP contribution is 2.34. The number of benzene rings is 2. The number of ether oxygens (including phenoxy) is 2. The van der Waals surface area contributed by atoms with Gasteiger partial charge in [0.2, 0.25) is 10.0 Å². The van der Waals surface area contributed by atoms with E-state index < -0.39 is 10.0 Å². The van der Waals surface area contributed by atoms with Crippen molar-refractivity contribution < 1.29 is 17.9 Å². The van der Waals surface area contributed by atoms with E-state index in [1.165, 1.54) is 7.11 Å². The maximum absolute atomic E-state index is 12.9. The number of rotatable bonds is 4. The van der Waals surface area contributed by atoms with Crippen LogP contribution in [0.2, 0.25) is 0 Å². The van der Waals surface area contributed by atoms with Gasteiger partial charge in [0, 0.05) is 12.0 Å². The van der Waals surface area contributed by atoms with Crippen LogP contribution in [0.5, 0.6) is 11.5 Å². The molecule has 0 bridgehead atoms. The van der Waals surface area contributed by atoms with Gasteiger partial charge in [-0.15, -0.1) is 0 Å². The number of hydrogen-bond donors (Lipinski definition) is 1. The average Bonchev–Trinajstić information content (AvgIpc) is 2.55. The van der Waals surface area contributed by atoms with E-state index in [1.54, 1.807) is 12.1 Å². The molecule has 5 nitrogen and oxygen atoms in total. The number of sulfonamides is 1. The number of hydrogen-bond acceptors (Lipinski definition) is 4. The Bertz CT molecular complexity index is 861. The quantitative estimate of drug-likeness (QED) is 0.923. The lowest BCUT2D eigenvalue weighted by Crippen LogP contribution is -2.32. The molecule has 1 N–H and O–H groups in total. The van der Waals surface area contributed by atoms with Gasteiger partial charge < -0.3 is 9.47 Å². The third-order valence-corrected chi connectivity index (χ3v) is 5.60. The third kappa shape index (κ3) is 3.25.